The van der Waals surface area contributed by atoms with Gasteiger partial charge in [-0.1, -0.05) is 38.7 Å². The van der Waals surface area contributed by atoms with E-state index in [4.69, 9.17) is 4.42 Å². The zero-order valence-electron chi connectivity index (χ0n) is 12.4. The number of hydrogen-bond acceptors (Lipinski definition) is 5. The van der Waals surface area contributed by atoms with Crippen molar-refractivity contribution in [2.45, 2.75) is 71.5 Å². The highest BCUT2D eigenvalue weighted by Crippen LogP contribution is 2.24. The maximum Gasteiger partial charge on any atom is 0.318 e. The van der Waals surface area contributed by atoms with Gasteiger partial charge in [0.2, 0.25) is 5.89 Å². The van der Waals surface area contributed by atoms with Gasteiger partial charge in [-0.3, -0.25) is 0 Å². The minimum Gasteiger partial charge on any atom is -0.407 e. The number of hydrogen-bond donors (Lipinski definition) is 1. The standard InChI is InChI=1S/C14H26N4O/c1-4-12-8-6-5-7-9-18(12)14-17-16-13(19-14)10-15-11(2)3/h11-12,15H,4-10H2,1-3H3. The largest absolute Gasteiger partial charge is 0.407 e. The highest BCUT2D eigenvalue weighted by atomic mass is 16.4. The van der Waals surface area contributed by atoms with E-state index in [0.29, 0.717) is 30.5 Å². The molecule has 0 aliphatic carbocycles. The van der Waals surface area contributed by atoms with Crippen LogP contribution in [0, 0.1) is 0 Å². The number of anilines is 1. The normalized spacial score (nSPS) is 20.8. The van der Waals surface area contributed by atoms with Crippen LogP contribution in [0.5, 0.6) is 0 Å². The molecule has 1 N–H and O–H groups in total. The van der Waals surface area contributed by atoms with E-state index in [1.807, 2.05) is 0 Å². The predicted molar refractivity (Wildman–Crippen MR) is 76.2 cm³/mol. The molecule has 1 aromatic rings. The maximum atomic E-state index is 5.80. The van der Waals surface area contributed by atoms with Crippen LogP contribution in [0.25, 0.3) is 0 Å². The van der Waals surface area contributed by atoms with Gasteiger partial charge in [-0.15, -0.1) is 5.10 Å². The number of rotatable bonds is 5. The third kappa shape index (κ3) is 3.93. The second kappa shape index (κ2) is 6.89. The Kier molecular flexibility index (Phi) is 5.19. The summed E-state index contributed by atoms with van der Waals surface area (Å²) in [6.07, 6.45) is 6.21. The Morgan fingerprint density at radius 2 is 2.16 bits per heavy atom. The molecule has 1 unspecified atom stereocenters. The van der Waals surface area contributed by atoms with Crippen molar-refractivity contribution in [3.63, 3.8) is 0 Å². The lowest BCUT2D eigenvalue weighted by atomic mass is 10.1. The molecule has 1 aliphatic rings. The molecule has 1 fully saturated rings. The molecule has 1 aliphatic heterocycles. The third-order valence-electron chi connectivity index (χ3n) is 3.71. The summed E-state index contributed by atoms with van der Waals surface area (Å²) in [5, 5.41) is 11.7. The summed E-state index contributed by atoms with van der Waals surface area (Å²) in [5.74, 6) is 0.683. The first-order valence-corrected chi connectivity index (χ1v) is 7.53. The minimum atomic E-state index is 0.428. The molecule has 1 saturated heterocycles. The fourth-order valence-electron chi connectivity index (χ4n) is 2.58. The topological polar surface area (TPSA) is 54.2 Å². The van der Waals surface area contributed by atoms with Crippen LogP contribution < -0.4 is 10.2 Å². The molecule has 1 aromatic heterocycles. The van der Waals surface area contributed by atoms with Gasteiger partial charge in [-0.05, 0) is 19.3 Å². The maximum absolute atomic E-state index is 5.80. The van der Waals surface area contributed by atoms with Gasteiger partial charge in [-0.2, -0.15) is 0 Å². The molecule has 0 spiro atoms. The number of aromatic nitrogens is 2. The zero-order chi connectivity index (χ0) is 13.7. The monoisotopic (exact) mass is 266 g/mol. The van der Waals surface area contributed by atoms with Crippen molar-refractivity contribution in [1.82, 2.24) is 15.5 Å². The van der Waals surface area contributed by atoms with Crippen LogP contribution in [0.1, 0.15) is 58.8 Å². The number of nitrogens with one attached hydrogen (secondary N) is 1. The van der Waals surface area contributed by atoms with E-state index in [1.54, 1.807) is 0 Å². The van der Waals surface area contributed by atoms with Crippen molar-refractivity contribution in [2.24, 2.45) is 0 Å². The fourth-order valence-corrected chi connectivity index (χ4v) is 2.58. The van der Waals surface area contributed by atoms with Crippen LogP contribution in [0.4, 0.5) is 6.01 Å². The van der Waals surface area contributed by atoms with Gasteiger partial charge < -0.3 is 14.6 Å². The van der Waals surface area contributed by atoms with Crippen molar-refractivity contribution < 1.29 is 4.42 Å². The molecule has 5 nitrogen and oxygen atoms in total. The van der Waals surface area contributed by atoms with Crippen molar-refractivity contribution in [3.8, 4) is 0 Å². The van der Waals surface area contributed by atoms with Gasteiger partial charge in [0.1, 0.15) is 0 Å². The van der Waals surface area contributed by atoms with Crippen LogP contribution in [-0.4, -0.2) is 28.8 Å². The zero-order valence-corrected chi connectivity index (χ0v) is 12.4. The summed E-state index contributed by atoms with van der Waals surface area (Å²) in [6.45, 7) is 8.14. The van der Waals surface area contributed by atoms with Crippen molar-refractivity contribution in [3.05, 3.63) is 5.89 Å². The summed E-state index contributed by atoms with van der Waals surface area (Å²) in [7, 11) is 0. The Hall–Kier alpha value is -1.10. The van der Waals surface area contributed by atoms with Gasteiger partial charge in [0.05, 0.1) is 6.54 Å². The van der Waals surface area contributed by atoms with Crippen LogP contribution in [0.2, 0.25) is 0 Å². The molecular weight excluding hydrogens is 240 g/mol. The Bertz CT molecular complexity index is 377. The van der Waals surface area contributed by atoms with E-state index in [1.165, 1.54) is 25.7 Å². The van der Waals surface area contributed by atoms with E-state index in [9.17, 15) is 0 Å². The van der Waals surface area contributed by atoms with Crippen LogP contribution in [0.15, 0.2) is 4.42 Å². The summed E-state index contributed by atoms with van der Waals surface area (Å²) < 4.78 is 5.80. The Labute approximate surface area is 115 Å². The van der Waals surface area contributed by atoms with E-state index in [0.717, 1.165) is 13.0 Å². The molecular formula is C14H26N4O. The predicted octanol–water partition coefficient (Wildman–Crippen LogP) is 2.73. The number of nitrogens with zero attached hydrogens (tertiary/aromatic N) is 3. The van der Waals surface area contributed by atoms with Crippen molar-refractivity contribution in [2.75, 3.05) is 11.4 Å². The van der Waals surface area contributed by atoms with Gasteiger partial charge in [0.25, 0.3) is 0 Å². The van der Waals surface area contributed by atoms with E-state index in [2.05, 4.69) is 41.2 Å². The van der Waals surface area contributed by atoms with Gasteiger partial charge in [0, 0.05) is 18.6 Å². The quantitative estimate of drug-likeness (QED) is 0.888. The van der Waals surface area contributed by atoms with E-state index in [-0.39, 0.29) is 0 Å². The average Bonchev–Trinajstić information content (AvgIpc) is 2.73. The molecule has 0 amide bonds. The lowest BCUT2D eigenvalue weighted by molar-refractivity contribution is 0.429. The Balaban J connectivity index is 2.02. The average molecular weight is 266 g/mol. The first kappa shape index (κ1) is 14.3. The molecule has 2 rings (SSSR count). The minimum absolute atomic E-state index is 0.428. The molecule has 0 saturated carbocycles. The Morgan fingerprint density at radius 1 is 1.32 bits per heavy atom. The SMILES string of the molecule is CCC1CCCCCN1c1nnc(CNC(C)C)o1. The lowest BCUT2D eigenvalue weighted by Crippen LogP contribution is -2.34. The van der Waals surface area contributed by atoms with E-state index >= 15 is 0 Å². The van der Waals surface area contributed by atoms with Crippen molar-refractivity contribution >= 4 is 6.01 Å². The molecule has 0 radical (unpaired) electrons. The van der Waals surface area contributed by atoms with Crippen LogP contribution in [0.3, 0.4) is 0 Å². The molecule has 108 valence electrons. The second-order valence-electron chi connectivity index (χ2n) is 5.62. The highest BCUT2D eigenvalue weighted by molar-refractivity contribution is 5.26. The molecule has 19 heavy (non-hydrogen) atoms. The Morgan fingerprint density at radius 3 is 2.89 bits per heavy atom. The summed E-state index contributed by atoms with van der Waals surface area (Å²) in [4.78, 5) is 2.30. The van der Waals surface area contributed by atoms with Gasteiger partial charge in [-0.25, -0.2) is 0 Å². The van der Waals surface area contributed by atoms with Crippen LogP contribution in [-0.2, 0) is 6.54 Å². The molecule has 0 bridgehead atoms. The van der Waals surface area contributed by atoms with E-state index < -0.39 is 0 Å². The third-order valence-corrected chi connectivity index (χ3v) is 3.71. The molecule has 1 atom stereocenters. The van der Waals surface area contributed by atoms with Gasteiger partial charge in [0.15, 0.2) is 0 Å². The molecule has 0 aromatic carbocycles. The summed E-state index contributed by atoms with van der Waals surface area (Å²) in [5.41, 5.74) is 0. The summed E-state index contributed by atoms with van der Waals surface area (Å²) in [6, 6.07) is 1.68. The first-order chi connectivity index (χ1) is 9.20. The highest BCUT2D eigenvalue weighted by Gasteiger charge is 2.24. The lowest BCUT2D eigenvalue weighted by Gasteiger charge is -2.26. The van der Waals surface area contributed by atoms with Crippen LogP contribution >= 0.6 is 0 Å². The molecule has 5 heteroatoms. The smallest absolute Gasteiger partial charge is 0.318 e. The first-order valence-electron chi connectivity index (χ1n) is 7.53. The van der Waals surface area contributed by atoms with Gasteiger partial charge >= 0.3 is 6.01 Å². The summed E-state index contributed by atoms with van der Waals surface area (Å²) >= 11 is 0. The molecule has 2 heterocycles. The second-order valence-corrected chi connectivity index (χ2v) is 5.62. The van der Waals surface area contributed by atoms with Crippen molar-refractivity contribution in [1.29, 1.82) is 0 Å². The fraction of sp³-hybridized carbons (Fsp3) is 0.857.